The second-order valence-corrected chi connectivity index (χ2v) is 8.19. The maximum Gasteiger partial charge on any atom is 0.244 e. The summed E-state index contributed by atoms with van der Waals surface area (Å²) < 4.78 is 0. The third-order valence-electron chi connectivity index (χ3n) is 4.99. The van der Waals surface area contributed by atoms with Crippen LogP contribution in [-0.4, -0.2) is 40.5 Å². The molecule has 0 spiro atoms. The smallest absolute Gasteiger partial charge is 0.244 e. The van der Waals surface area contributed by atoms with E-state index in [4.69, 9.17) is 0 Å². The molecule has 2 aromatic carbocycles. The molecule has 0 unspecified atom stereocenters. The molecule has 2 aromatic rings. The number of carbonyl (C=O) groups is 2. The fourth-order valence-electron chi connectivity index (χ4n) is 3.25. The summed E-state index contributed by atoms with van der Waals surface area (Å²) in [5, 5.41) is 3.18. The van der Waals surface area contributed by atoms with Crippen molar-refractivity contribution < 1.29 is 9.59 Å². The van der Waals surface area contributed by atoms with Crippen molar-refractivity contribution in [1.82, 2.24) is 4.90 Å². The zero-order valence-electron chi connectivity index (χ0n) is 15.9. The number of aryl methyl sites for hydroxylation is 2. The number of amidine groups is 1. The fourth-order valence-corrected chi connectivity index (χ4v) is 4.38. The summed E-state index contributed by atoms with van der Waals surface area (Å²) in [5.74, 6) is -0.214. The minimum atomic E-state index is -0.430. The van der Waals surface area contributed by atoms with E-state index in [0.29, 0.717) is 18.5 Å². The third-order valence-corrected chi connectivity index (χ3v) is 6.20. The number of thioether (sulfide) groups is 1. The molecule has 0 aliphatic carbocycles. The van der Waals surface area contributed by atoms with Gasteiger partial charge in [0.05, 0.1) is 0 Å². The van der Waals surface area contributed by atoms with Crippen molar-refractivity contribution in [2.24, 2.45) is 4.99 Å². The van der Waals surface area contributed by atoms with Crippen LogP contribution in [0.1, 0.15) is 17.5 Å². The molecule has 0 saturated carbocycles. The molecule has 2 amide bonds. The number of rotatable bonds is 4. The third kappa shape index (κ3) is 3.75. The van der Waals surface area contributed by atoms with Crippen LogP contribution in [0.25, 0.3) is 0 Å². The highest BCUT2D eigenvalue weighted by Crippen LogP contribution is 2.33. The average molecular weight is 395 g/mol. The predicted octanol–water partition coefficient (Wildman–Crippen LogP) is 3.37. The Bertz CT molecular complexity index is 945. The van der Waals surface area contributed by atoms with Gasteiger partial charge in [0.1, 0.15) is 18.6 Å². The summed E-state index contributed by atoms with van der Waals surface area (Å²) in [6.07, 6.45) is 0.136. The average Bonchev–Trinajstić information content (AvgIpc) is 3.00. The van der Waals surface area contributed by atoms with E-state index in [1.54, 1.807) is 4.90 Å². The quantitative estimate of drug-likeness (QED) is 0.864. The first-order chi connectivity index (χ1) is 13.5. The lowest BCUT2D eigenvalue weighted by Crippen LogP contribution is -2.46. The highest BCUT2D eigenvalue weighted by molar-refractivity contribution is 8.15. The Labute approximate surface area is 168 Å². The van der Waals surface area contributed by atoms with Crippen LogP contribution in [0.5, 0.6) is 0 Å². The maximum absolute atomic E-state index is 12.8. The van der Waals surface area contributed by atoms with E-state index in [9.17, 15) is 9.59 Å². The molecule has 1 atom stereocenters. The van der Waals surface area contributed by atoms with E-state index < -0.39 is 5.25 Å². The van der Waals surface area contributed by atoms with E-state index in [1.807, 2.05) is 67.3 Å². The van der Waals surface area contributed by atoms with E-state index in [1.165, 1.54) is 17.3 Å². The molecule has 144 valence electrons. The molecule has 2 heterocycles. The van der Waals surface area contributed by atoms with Gasteiger partial charge in [0.15, 0.2) is 5.17 Å². The Kier molecular flexibility index (Phi) is 5.09. The molecule has 0 aromatic heterocycles. The number of nitrogens with one attached hydrogen (secondary N) is 1. The molecular formula is C21H22N4O2S. The van der Waals surface area contributed by atoms with Gasteiger partial charge in [-0.3, -0.25) is 14.5 Å². The number of anilines is 2. The van der Waals surface area contributed by atoms with Crippen molar-refractivity contribution in [3.8, 4) is 0 Å². The normalized spacial score (nSPS) is 18.7. The number of hydrogen-bond acceptors (Lipinski definition) is 5. The Morgan fingerprint density at radius 3 is 2.71 bits per heavy atom. The standard InChI is InChI=1S/C21H22N4O2S/c1-14-8-9-16(10-15(14)2)23-19(26)11-18-20(27)25-13-24(12-22-21(25)28-18)17-6-4-3-5-7-17/h3-10,18H,11-13H2,1-2H3,(H,23,26)/t18-/m0/s1. The van der Waals surface area contributed by atoms with Crippen molar-refractivity contribution in [3.63, 3.8) is 0 Å². The van der Waals surface area contributed by atoms with Crippen molar-refractivity contribution in [2.45, 2.75) is 25.5 Å². The van der Waals surface area contributed by atoms with Gasteiger partial charge in [-0.25, -0.2) is 4.99 Å². The fraction of sp³-hybridized carbons (Fsp3) is 0.286. The number of hydrogen-bond donors (Lipinski definition) is 1. The molecular weight excluding hydrogens is 372 g/mol. The number of nitrogens with zero attached hydrogens (tertiary/aromatic N) is 3. The van der Waals surface area contributed by atoms with Gasteiger partial charge in [-0.15, -0.1) is 0 Å². The van der Waals surface area contributed by atoms with Crippen molar-refractivity contribution >= 4 is 40.1 Å². The largest absolute Gasteiger partial charge is 0.334 e. The van der Waals surface area contributed by atoms with Crippen LogP contribution < -0.4 is 10.2 Å². The van der Waals surface area contributed by atoms with Crippen molar-refractivity contribution in [3.05, 3.63) is 59.7 Å². The summed E-state index contributed by atoms with van der Waals surface area (Å²) in [7, 11) is 0. The van der Waals surface area contributed by atoms with Gasteiger partial charge in [-0.2, -0.15) is 0 Å². The number of amides is 2. The minimum absolute atomic E-state index is 0.0559. The topological polar surface area (TPSA) is 65.0 Å². The zero-order chi connectivity index (χ0) is 19.7. The molecule has 2 aliphatic heterocycles. The van der Waals surface area contributed by atoms with Crippen LogP contribution in [0, 0.1) is 13.8 Å². The van der Waals surface area contributed by atoms with Crippen molar-refractivity contribution in [2.75, 3.05) is 23.6 Å². The lowest BCUT2D eigenvalue weighted by atomic mass is 10.1. The van der Waals surface area contributed by atoms with Gasteiger partial charge < -0.3 is 10.2 Å². The molecule has 0 bridgehead atoms. The molecule has 28 heavy (non-hydrogen) atoms. The van der Waals surface area contributed by atoms with Gasteiger partial charge in [-0.1, -0.05) is 36.0 Å². The molecule has 1 fully saturated rings. The lowest BCUT2D eigenvalue weighted by Gasteiger charge is -2.32. The summed E-state index contributed by atoms with van der Waals surface area (Å²) >= 11 is 1.38. The molecule has 7 heteroatoms. The number of carbonyl (C=O) groups excluding carboxylic acids is 2. The Morgan fingerprint density at radius 1 is 1.18 bits per heavy atom. The molecule has 2 aliphatic rings. The van der Waals surface area contributed by atoms with Crippen molar-refractivity contribution in [1.29, 1.82) is 0 Å². The molecule has 0 radical (unpaired) electrons. The summed E-state index contributed by atoms with van der Waals surface area (Å²) in [5.41, 5.74) is 4.09. The van der Waals surface area contributed by atoms with Crippen LogP contribution in [0.2, 0.25) is 0 Å². The molecule has 4 rings (SSSR count). The summed E-state index contributed by atoms with van der Waals surface area (Å²) in [6, 6.07) is 15.7. The predicted molar refractivity (Wildman–Crippen MR) is 113 cm³/mol. The maximum atomic E-state index is 12.8. The molecule has 6 nitrogen and oxygen atoms in total. The number of benzene rings is 2. The van der Waals surface area contributed by atoms with E-state index >= 15 is 0 Å². The van der Waals surface area contributed by atoms with Crippen LogP contribution in [-0.2, 0) is 9.59 Å². The first kappa shape index (κ1) is 18.6. The lowest BCUT2D eigenvalue weighted by molar-refractivity contribution is -0.128. The molecule has 1 saturated heterocycles. The van der Waals surface area contributed by atoms with Crippen LogP contribution in [0.3, 0.4) is 0 Å². The number of para-hydroxylation sites is 1. The van der Waals surface area contributed by atoms with Gasteiger partial charge in [0.25, 0.3) is 0 Å². The number of fused-ring (bicyclic) bond motifs is 1. The molecule has 1 N–H and O–H groups in total. The Morgan fingerprint density at radius 2 is 1.96 bits per heavy atom. The van der Waals surface area contributed by atoms with Crippen LogP contribution in [0.15, 0.2) is 53.5 Å². The van der Waals surface area contributed by atoms with E-state index in [2.05, 4.69) is 10.3 Å². The zero-order valence-corrected chi connectivity index (χ0v) is 16.7. The van der Waals surface area contributed by atoms with E-state index in [-0.39, 0.29) is 18.2 Å². The van der Waals surface area contributed by atoms with Gasteiger partial charge in [0, 0.05) is 17.8 Å². The van der Waals surface area contributed by atoms with Gasteiger partial charge >= 0.3 is 0 Å². The summed E-state index contributed by atoms with van der Waals surface area (Å²) in [6.45, 7) is 5.02. The Balaban J connectivity index is 1.39. The monoisotopic (exact) mass is 394 g/mol. The summed E-state index contributed by atoms with van der Waals surface area (Å²) in [4.78, 5) is 33.5. The van der Waals surface area contributed by atoms with Gasteiger partial charge in [-0.05, 0) is 49.2 Å². The second-order valence-electron chi connectivity index (χ2n) is 7.02. The van der Waals surface area contributed by atoms with Gasteiger partial charge in [0.2, 0.25) is 11.8 Å². The highest BCUT2D eigenvalue weighted by Gasteiger charge is 2.41. The van der Waals surface area contributed by atoms with Crippen LogP contribution in [0.4, 0.5) is 11.4 Å². The first-order valence-electron chi connectivity index (χ1n) is 9.21. The Hall–Kier alpha value is -2.80. The number of aliphatic imine (C=N–C) groups is 1. The van der Waals surface area contributed by atoms with Crippen LogP contribution >= 0.6 is 11.8 Å². The first-order valence-corrected chi connectivity index (χ1v) is 10.1. The highest BCUT2D eigenvalue weighted by atomic mass is 32.2. The second kappa shape index (κ2) is 7.67. The SMILES string of the molecule is Cc1ccc(NC(=O)C[C@@H]2SC3=NCN(c4ccccc4)CN3C2=O)cc1C. The minimum Gasteiger partial charge on any atom is -0.334 e. The van der Waals surface area contributed by atoms with E-state index in [0.717, 1.165) is 16.9 Å².